The molecule has 0 aromatic heterocycles. The Morgan fingerprint density at radius 1 is 1.59 bits per heavy atom. The van der Waals surface area contributed by atoms with E-state index < -0.39 is 4.92 Å². The number of nitro groups is 1. The van der Waals surface area contributed by atoms with Gasteiger partial charge in [0, 0.05) is 17.7 Å². The standard InChI is InChI=1S/C11H13ClN2O3/c1-3-7(2)11(15)13-8-4-5-9(12)10(6-8)14(16)17/h4-7H,3H2,1-2H3,(H,13,15)/t7-/m0/s1. The molecule has 5 nitrogen and oxygen atoms in total. The summed E-state index contributed by atoms with van der Waals surface area (Å²) in [6.45, 7) is 3.69. The SMILES string of the molecule is CC[C@H](C)C(=O)Nc1ccc(Cl)c([N+](=O)[O-])c1. The smallest absolute Gasteiger partial charge is 0.289 e. The number of anilines is 1. The van der Waals surface area contributed by atoms with Crippen molar-refractivity contribution in [2.24, 2.45) is 5.92 Å². The van der Waals surface area contributed by atoms with Gasteiger partial charge in [-0.25, -0.2) is 0 Å². The third-order valence-corrected chi connectivity index (χ3v) is 2.79. The van der Waals surface area contributed by atoms with Crippen molar-refractivity contribution in [1.82, 2.24) is 0 Å². The van der Waals surface area contributed by atoms with Gasteiger partial charge in [0.05, 0.1) is 4.92 Å². The number of amides is 1. The van der Waals surface area contributed by atoms with Crippen LogP contribution in [-0.4, -0.2) is 10.8 Å². The minimum atomic E-state index is -0.582. The van der Waals surface area contributed by atoms with Crippen molar-refractivity contribution in [3.8, 4) is 0 Å². The first-order valence-electron chi connectivity index (χ1n) is 5.20. The molecule has 17 heavy (non-hydrogen) atoms. The lowest BCUT2D eigenvalue weighted by molar-refractivity contribution is -0.384. The molecule has 0 aliphatic rings. The Bertz CT molecular complexity index is 448. The molecule has 1 amide bonds. The summed E-state index contributed by atoms with van der Waals surface area (Å²) in [5.41, 5.74) is 0.167. The number of hydrogen-bond acceptors (Lipinski definition) is 3. The van der Waals surface area contributed by atoms with Crippen LogP contribution in [0.15, 0.2) is 18.2 Å². The van der Waals surface area contributed by atoms with Gasteiger partial charge in [-0.1, -0.05) is 25.4 Å². The second-order valence-corrected chi connectivity index (χ2v) is 4.13. The van der Waals surface area contributed by atoms with E-state index in [0.29, 0.717) is 12.1 Å². The first-order valence-corrected chi connectivity index (χ1v) is 5.58. The van der Waals surface area contributed by atoms with Crippen LogP contribution in [0.3, 0.4) is 0 Å². The van der Waals surface area contributed by atoms with Crippen LogP contribution in [0.5, 0.6) is 0 Å². The van der Waals surface area contributed by atoms with Crippen LogP contribution in [0.2, 0.25) is 5.02 Å². The number of rotatable bonds is 4. The van der Waals surface area contributed by atoms with Gasteiger partial charge in [0.1, 0.15) is 5.02 Å². The molecular weight excluding hydrogens is 244 g/mol. The fraction of sp³-hybridized carbons (Fsp3) is 0.364. The fourth-order valence-corrected chi connectivity index (χ4v) is 1.37. The molecule has 0 saturated carbocycles. The summed E-state index contributed by atoms with van der Waals surface area (Å²) in [7, 11) is 0. The molecule has 0 spiro atoms. The van der Waals surface area contributed by atoms with Gasteiger partial charge < -0.3 is 5.32 Å². The Hall–Kier alpha value is -1.62. The number of hydrogen-bond donors (Lipinski definition) is 1. The van der Waals surface area contributed by atoms with Gasteiger partial charge in [0.2, 0.25) is 5.91 Å². The predicted octanol–water partition coefficient (Wildman–Crippen LogP) is 3.23. The van der Waals surface area contributed by atoms with Gasteiger partial charge in [-0.2, -0.15) is 0 Å². The highest BCUT2D eigenvalue weighted by Crippen LogP contribution is 2.27. The molecule has 1 rings (SSSR count). The Kier molecular flexibility index (Phi) is 4.45. The predicted molar refractivity (Wildman–Crippen MR) is 66.2 cm³/mol. The summed E-state index contributed by atoms with van der Waals surface area (Å²) >= 11 is 5.66. The van der Waals surface area contributed by atoms with Crippen LogP contribution in [0.25, 0.3) is 0 Å². The Morgan fingerprint density at radius 3 is 2.76 bits per heavy atom. The van der Waals surface area contributed by atoms with Gasteiger partial charge in [-0.15, -0.1) is 0 Å². The summed E-state index contributed by atoms with van der Waals surface area (Å²) in [4.78, 5) is 21.7. The van der Waals surface area contributed by atoms with E-state index in [0.717, 1.165) is 0 Å². The highest BCUT2D eigenvalue weighted by atomic mass is 35.5. The molecule has 6 heteroatoms. The molecule has 1 atom stereocenters. The fourth-order valence-electron chi connectivity index (χ4n) is 1.18. The van der Waals surface area contributed by atoms with E-state index in [-0.39, 0.29) is 22.5 Å². The number of nitrogens with zero attached hydrogens (tertiary/aromatic N) is 1. The van der Waals surface area contributed by atoms with E-state index in [4.69, 9.17) is 11.6 Å². The third-order valence-electron chi connectivity index (χ3n) is 2.47. The van der Waals surface area contributed by atoms with Gasteiger partial charge in [-0.3, -0.25) is 14.9 Å². The molecule has 0 fully saturated rings. The lowest BCUT2D eigenvalue weighted by Gasteiger charge is -2.09. The van der Waals surface area contributed by atoms with Crippen molar-refractivity contribution in [2.75, 3.05) is 5.32 Å². The number of benzene rings is 1. The second-order valence-electron chi connectivity index (χ2n) is 3.72. The van der Waals surface area contributed by atoms with Gasteiger partial charge in [-0.05, 0) is 18.6 Å². The maximum atomic E-state index is 11.6. The maximum Gasteiger partial charge on any atom is 0.289 e. The van der Waals surface area contributed by atoms with Crippen molar-refractivity contribution in [3.05, 3.63) is 33.3 Å². The average molecular weight is 257 g/mol. The molecular formula is C11H13ClN2O3. The molecule has 1 aromatic rings. The van der Waals surface area contributed by atoms with Crippen molar-refractivity contribution in [2.45, 2.75) is 20.3 Å². The number of carbonyl (C=O) groups is 1. The van der Waals surface area contributed by atoms with Crippen molar-refractivity contribution in [3.63, 3.8) is 0 Å². The first-order chi connectivity index (χ1) is 7.95. The monoisotopic (exact) mass is 256 g/mol. The molecule has 0 unspecified atom stereocenters. The molecule has 0 aliphatic carbocycles. The maximum absolute atomic E-state index is 11.6. The Morgan fingerprint density at radius 2 is 2.24 bits per heavy atom. The first kappa shape index (κ1) is 13.4. The van der Waals surface area contributed by atoms with Crippen molar-refractivity contribution >= 4 is 28.9 Å². The summed E-state index contributed by atoms with van der Waals surface area (Å²) in [5.74, 6) is -0.297. The number of nitro benzene ring substituents is 1. The molecule has 0 heterocycles. The average Bonchev–Trinajstić information content (AvgIpc) is 2.30. The number of halogens is 1. The second kappa shape index (κ2) is 5.63. The van der Waals surface area contributed by atoms with E-state index in [1.54, 1.807) is 6.92 Å². The molecule has 0 aliphatic heterocycles. The number of carbonyl (C=O) groups excluding carboxylic acids is 1. The molecule has 1 aromatic carbocycles. The molecule has 0 bridgehead atoms. The van der Waals surface area contributed by atoms with Gasteiger partial charge in [0.25, 0.3) is 5.69 Å². The Balaban J connectivity index is 2.90. The van der Waals surface area contributed by atoms with Crippen LogP contribution in [0.1, 0.15) is 20.3 Å². The summed E-state index contributed by atoms with van der Waals surface area (Å²) in [5, 5.41) is 13.3. The van der Waals surface area contributed by atoms with Crippen LogP contribution in [-0.2, 0) is 4.79 Å². The van der Waals surface area contributed by atoms with E-state index in [1.807, 2.05) is 6.92 Å². The molecule has 0 radical (unpaired) electrons. The highest BCUT2D eigenvalue weighted by Gasteiger charge is 2.15. The number of nitrogens with one attached hydrogen (secondary N) is 1. The van der Waals surface area contributed by atoms with E-state index in [2.05, 4.69) is 5.32 Å². The quantitative estimate of drug-likeness (QED) is 0.664. The van der Waals surface area contributed by atoms with Gasteiger partial charge in [0.15, 0.2) is 0 Å². The minimum absolute atomic E-state index is 0.0524. The normalized spacial score (nSPS) is 11.9. The largest absolute Gasteiger partial charge is 0.326 e. The zero-order valence-electron chi connectivity index (χ0n) is 9.57. The van der Waals surface area contributed by atoms with E-state index in [1.165, 1.54) is 18.2 Å². The topological polar surface area (TPSA) is 72.2 Å². The van der Waals surface area contributed by atoms with Crippen LogP contribution in [0.4, 0.5) is 11.4 Å². The third kappa shape index (κ3) is 3.42. The lowest BCUT2D eigenvalue weighted by atomic mass is 10.1. The van der Waals surface area contributed by atoms with Crippen LogP contribution >= 0.6 is 11.6 Å². The van der Waals surface area contributed by atoms with Crippen LogP contribution < -0.4 is 5.32 Å². The van der Waals surface area contributed by atoms with Crippen LogP contribution in [0, 0.1) is 16.0 Å². The minimum Gasteiger partial charge on any atom is -0.326 e. The van der Waals surface area contributed by atoms with Gasteiger partial charge >= 0.3 is 0 Å². The highest BCUT2D eigenvalue weighted by molar-refractivity contribution is 6.32. The summed E-state index contributed by atoms with van der Waals surface area (Å²) in [6, 6.07) is 4.18. The van der Waals surface area contributed by atoms with E-state index >= 15 is 0 Å². The zero-order valence-corrected chi connectivity index (χ0v) is 10.3. The molecule has 92 valence electrons. The summed E-state index contributed by atoms with van der Waals surface area (Å²) < 4.78 is 0. The molecule has 0 saturated heterocycles. The molecule has 1 N–H and O–H groups in total. The Labute approximate surface area is 104 Å². The van der Waals surface area contributed by atoms with Crippen molar-refractivity contribution in [1.29, 1.82) is 0 Å². The zero-order chi connectivity index (χ0) is 13.0. The van der Waals surface area contributed by atoms with E-state index in [9.17, 15) is 14.9 Å². The van der Waals surface area contributed by atoms with Crippen molar-refractivity contribution < 1.29 is 9.72 Å². The lowest BCUT2D eigenvalue weighted by Crippen LogP contribution is -2.19. The summed E-state index contributed by atoms with van der Waals surface area (Å²) in [6.07, 6.45) is 0.710.